The fourth-order valence-electron chi connectivity index (χ4n) is 5.60. The molecule has 2 fully saturated rings. The molecular formula is C29H34Cl2F3N4O4S-. The first-order valence-electron chi connectivity index (χ1n) is 14.1. The Hall–Kier alpha value is -2.22. The highest BCUT2D eigenvalue weighted by Gasteiger charge is 2.36. The number of nitrogens with zero attached hydrogens (tertiary/aromatic N) is 1. The Morgan fingerprint density at radius 2 is 1.93 bits per heavy atom. The summed E-state index contributed by atoms with van der Waals surface area (Å²) in [6, 6.07) is 6.08. The summed E-state index contributed by atoms with van der Waals surface area (Å²) in [5, 5.41) is 8.03. The molecule has 0 aliphatic carbocycles. The molecule has 2 unspecified atom stereocenters. The van der Waals surface area contributed by atoms with Gasteiger partial charge in [-0.3, -0.25) is 18.7 Å². The molecular weight excluding hydrogens is 628 g/mol. The van der Waals surface area contributed by atoms with E-state index in [1.54, 1.807) is 0 Å². The molecule has 2 amide bonds. The fourth-order valence-corrected chi connectivity index (χ4v) is 6.52. The Balaban J connectivity index is 1.48. The van der Waals surface area contributed by atoms with Crippen LogP contribution in [-0.4, -0.2) is 57.2 Å². The average molecular weight is 663 g/mol. The number of piperidine rings is 2. The average Bonchev–Trinajstić information content (AvgIpc) is 2.96. The Morgan fingerprint density at radius 1 is 1.16 bits per heavy atom. The van der Waals surface area contributed by atoms with E-state index in [1.807, 2.05) is 4.90 Å². The number of nitrogens with one attached hydrogen (secondary N) is 3. The first-order valence-corrected chi connectivity index (χ1v) is 16.0. The van der Waals surface area contributed by atoms with Crippen LogP contribution in [0.15, 0.2) is 30.3 Å². The molecule has 0 radical (unpaired) electrons. The minimum atomic E-state index is -4.78. The van der Waals surface area contributed by atoms with Gasteiger partial charge in [-0.1, -0.05) is 35.7 Å². The molecule has 2 aromatic carbocycles. The summed E-state index contributed by atoms with van der Waals surface area (Å²) in [4.78, 5) is 27.5. The molecule has 2 aromatic rings. The van der Waals surface area contributed by atoms with E-state index in [9.17, 15) is 31.5 Å². The molecule has 4 atom stereocenters. The van der Waals surface area contributed by atoms with Crippen molar-refractivity contribution in [1.29, 1.82) is 0 Å². The number of carbonyl (C=O) groups is 2. The number of rotatable bonds is 9. The summed E-state index contributed by atoms with van der Waals surface area (Å²) in [6.07, 6.45) is -0.596. The second-order valence-corrected chi connectivity index (χ2v) is 13.1. The molecule has 0 aromatic heterocycles. The third-order valence-corrected chi connectivity index (χ3v) is 9.30. The van der Waals surface area contributed by atoms with Crippen LogP contribution >= 0.6 is 23.2 Å². The van der Waals surface area contributed by atoms with Gasteiger partial charge in [-0.2, -0.15) is 13.2 Å². The second-order valence-electron chi connectivity index (χ2n) is 11.0. The summed E-state index contributed by atoms with van der Waals surface area (Å²) >= 11 is 10.0. The van der Waals surface area contributed by atoms with E-state index in [4.69, 9.17) is 23.2 Å². The van der Waals surface area contributed by atoms with E-state index in [1.165, 1.54) is 31.2 Å². The minimum absolute atomic E-state index is 0.0865. The van der Waals surface area contributed by atoms with Gasteiger partial charge in [0.2, 0.25) is 5.91 Å². The van der Waals surface area contributed by atoms with Crippen LogP contribution in [0.4, 0.5) is 13.2 Å². The number of alkyl halides is 3. The van der Waals surface area contributed by atoms with Gasteiger partial charge in [0.05, 0.1) is 11.6 Å². The maximum Gasteiger partial charge on any atom is 0.416 e. The highest BCUT2D eigenvalue weighted by molar-refractivity contribution is 7.79. The van der Waals surface area contributed by atoms with Crippen molar-refractivity contribution in [2.24, 2.45) is 0 Å². The Bertz CT molecular complexity index is 1360. The first-order chi connectivity index (χ1) is 20.3. The Kier molecular flexibility index (Phi) is 11.5. The molecule has 0 saturated carbocycles. The molecule has 0 spiro atoms. The molecule has 2 heterocycles. The summed E-state index contributed by atoms with van der Waals surface area (Å²) in [5.74, 6) is -0.894. The molecule has 43 heavy (non-hydrogen) atoms. The van der Waals surface area contributed by atoms with E-state index in [2.05, 4.69) is 16.0 Å². The van der Waals surface area contributed by atoms with Crippen LogP contribution in [0.3, 0.4) is 0 Å². The molecule has 14 heteroatoms. The van der Waals surface area contributed by atoms with Crippen LogP contribution in [-0.2, 0) is 35.1 Å². The minimum Gasteiger partial charge on any atom is -0.772 e. The normalized spacial score (nSPS) is 21.2. The lowest BCUT2D eigenvalue weighted by Crippen LogP contribution is -2.53. The van der Waals surface area contributed by atoms with Crippen LogP contribution < -0.4 is 16.0 Å². The van der Waals surface area contributed by atoms with Gasteiger partial charge in [0.25, 0.3) is 5.91 Å². The highest BCUT2D eigenvalue weighted by Crippen LogP contribution is 2.37. The van der Waals surface area contributed by atoms with Crippen molar-refractivity contribution in [1.82, 2.24) is 20.9 Å². The maximum absolute atomic E-state index is 14.2. The molecule has 3 N–H and O–H groups in total. The molecule has 0 bridgehead atoms. The standard InChI is InChI=1S/C29H35Cl2F3N4O4S/c1-17(43(41)42)22-8-7-20(30)11-19(22)14-36-27(39)18-12-24(29(32,33)34)23(25(31)13-18)16-38-10-4-5-21(15-38)37-28(40)26-6-2-3-9-35-26/h7-8,11-13,17,21,26,35H,2-6,9-10,14-16H2,1H3,(H,36,39)(H,37,40)(H,41,42)/p-1/t17?,21-,26+/m0/s1. The molecule has 2 aliphatic rings. The van der Waals surface area contributed by atoms with Crippen LogP contribution in [0.1, 0.15) is 76.9 Å². The zero-order chi connectivity index (χ0) is 31.3. The van der Waals surface area contributed by atoms with Crippen LogP contribution in [0.5, 0.6) is 0 Å². The van der Waals surface area contributed by atoms with Gasteiger partial charge in [0, 0.05) is 46.5 Å². The number of carbonyl (C=O) groups excluding carboxylic acids is 2. The lowest BCUT2D eigenvalue weighted by Gasteiger charge is -2.35. The quantitative estimate of drug-likeness (QED) is 0.322. The zero-order valence-corrected chi connectivity index (χ0v) is 25.9. The van der Waals surface area contributed by atoms with E-state index < -0.39 is 34.0 Å². The number of halogens is 5. The van der Waals surface area contributed by atoms with Crippen molar-refractivity contribution in [2.45, 2.75) is 75.6 Å². The summed E-state index contributed by atoms with van der Waals surface area (Å²) < 4.78 is 65.8. The fraction of sp³-hybridized carbons (Fsp3) is 0.517. The van der Waals surface area contributed by atoms with Crippen molar-refractivity contribution in [3.63, 3.8) is 0 Å². The van der Waals surface area contributed by atoms with Crippen molar-refractivity contribution in [3.8, 4) is 0 Å². The van der Waals surface area contributed by atoms with Gasteiger partial charge in [-0.15, -0.1) is 0 Å². The van der Waals surface area contributed by atoms with Crippen molar-refractivity contribution < 1.29 is 31.5 Å². The lowest BCUT2D eigenvalue weighted by atomic mass is 9.99. The van der Waals surface area contributed by atoms with E-state index >= 15 is 0 Å². The number of amides is 2. The molecule has 8 nitrogen and oxygen atoms in total. The molecule has 2 saturated heterocycles. The van der Waals surface area contributed by atoms with Gasteiger partial charge in [-0.25, -0.2) is 0 Å². The van der Waals surface area contributed by atoms with E-state index in [0.29, 0.717) is 35.7 Å². The van der Waals surface area contributed by atoms with Gasteiger partial charge in [0.1, 0.15) is 0 Å². The topological polar surface area (TPSA) is 114 Å². The van der Waals surface area contributed by atoms with Crippen LogP contribution in [0.2, 0.25) is 10.0 Å². The lowest BCUT2D eigenvalue weighted by molar-refractivity contribution is -0.138. The van der Waals surface area contributed by atoms with Gasteiger partial charge >= 0.3 is 6.18 Å². The van der Waals surface area contributed by atoms with Crippen molar-refractivity contribution in [2.75, 3.05) is 19.6 Å². The van der Waals surface area contributed by atoms with Gasteiger partial charge in [-0.05, 0) is 97.7 Å². The first kappa shape index (κ1) is 33.7. The molecule has 236 valence electrons. The zero-order valence-electron chi connectivity index (χ0n) is 23.6. The second kappa shape index (κ2) is 14.7. The third-order valence-electron chi connectivity index (χ3n) is 7.89. The number of likely N-dealkylation sites (tertiary alicyclic amines) is 1. The highest BCUT2D eigenvalue weighted by atomic mass is 35.5. The molecule has 4 rings (SSSR count). The Morgan fingerprint density at radius 3 is 2.60 bits per heavy atom. The van der Waals surface area contributed by atoms with E-state index in [-0.39, 0.29) is 47.2 Å². The van der Waals surface area contributed by atoms with E-state index in [0.717, 1.165) is 38.3 Å². The summed E-state index contributed by atoms with van der Waals surface area (Å²) in [6.45, 7) is 2.92. The monoisotopic (exact) mass is 661 g/mol. The van der Waals surface area contributed by atoms with Gasteiger partial charge < -0.3 is 20.5 Å². The molecule has 2 aliphatic heterocycles. The van der Waals surface area contributed by atoms with Crippen molar-refractivity contribution >= 4 is 46.1 Å². The predicted octanol–water partition coefficient (Wildman–Crippen LogP) is 5.11. The summed E-state index contributed by atoms with van der Waals surface area (Å²) in [5.41, 5.74) is -0.610. The van der Waals surface area contributed by atoms with Crippen LogP contribution in [0, 0.1) is 0 Å². The smallest absolute Gasteiger partial charge is 0.416 e. The Labute approximate surface area is 261 Å². The largest absolute Gasteiger partial charge is 0.772 e. The van der Waals surface area contributed by atoms with Crippen molar-refractivity contribution in [3.05, 3.63) is 68.2 Å². The SMILES string of the molecule is CC(c1ccc(Cl)cc1CNC(=O)c1cc(Cl)c(CN2CCC[C@H](NC(=O)[C@H]3CCCCN3)C2)c(C(F)(F)F)c1)S(=O)[O-]. The maximum atomic E-state index is 14.2. The predicted molar refractivity (Wildman–Crippen MR) is 158 cm³/mol. The summed E-state index contributed by atoms with van der Waals surface area (Å²) in [7, 11) is 0. The van der Waals surface area contributed by atoms with Gasteiger partial charge in [0.15, 0.2) is 0 Å². The number of benzene rings is 2. The number of hydrogen-bond acceptors (Lipinski definition) is 6. The number of hydrogen-bond donors (Lipinski definition) is 3. The van der Waals surface area contributed by atoms with Crippen LogP contribution in [0.25, 0.3) is 0 Å². The third kappa shape index (κ3) is 8.92.